The molecule has 0 aliphatic carbocycles. The first-order valence-electron chi connectivity index (χ1n) is 6.14. The first-order valence-corrected chi connectivity index (χ1v) is 8.19. The monoisotopic (exact) mass is 302 g/mol. The third kappa shape index (κ3) is 2.82. The van der Waals surface area contributed by atoms with Crippen LogP contribution >= 0.6 is 23.1 Å². The molecule has 0 amide bonds. The number of β-amino-alcohol motifs (C(OH)–C–C–N with tert-alkyl or cyclic N) is 1. The summed E-state index contributed by atoms with van der Waals surface area (Å²) in [5.41, 5.74) is 6.54. The Morgan fingerprint density at radius 3 is 2.95 bits per heavy atom. The van der Waals surface area contributed by atoms with Crippen LogP contribution in [0.25, 0.3) is 0 Å². The fourth-order valence-electron chi connectivity index (χ4n) is 2.10. The summed E-state index contributed by atoms with van der Waals surface area (Å²) in [6.45, 7) is 3.49. The summed E-state index contributed by atoms with van der Waals surface area (Å²) < 4.78 is 5.02. The third-order valence-electron chi connectivity index (χ3n) is 3.00. The molecule has 0 aromatic carbocycles. The summed E-state index contributed by atoms with van der Waals surface area (Å²) in [6.07, 6.45) is 2.38. The summed E-state index contributed by atoms with van der Waals surface area (Å²) >= 11 is 2.87. The largest absolute Gasteiger partial charge is 0.462 e. The van der Waals surface area contributed by atoms with Crippen molar-refractivity contribution in [3.63, 3.8) is 0 Å². The van der Waals surface area contributed by atoms with Crippen molar-refractivity contribution in [2.45, 2.75) is 24.3 Å². The van der Waals surface area contributed by atoms with Gasteiger partial charge in [-0.1, -0.05) is 0 Å². The van der Waals surface area contributed by atoms with Crippen LogP contribution in [0.3, 0.4) is 0 Å². The van der Waals surface area contributed by atoms with Gasteiger partial charge in [-0.25, -0.2) is 4.79 Å². The van der Waals surface area contributed by atoms with Crippen molar-refractivity contribution in [3.05, 3.63) is 4.88 Å². The molecule has 0 radical (unpaired) electrons. The molecule has 1 fully saturated rings. The summed E-state index contributed by atoms with van der Waals surface area (Å²) in [5.74, 6) is -0.369. The number of thiophene rings is 1. The number of nitrogen functional groups attached to an aromatic ring is 1. The summed E-state index contributed by atoms with van der Waals surface area (Å²) in [7, 11) is 0. The van der Waals surface area contributed by atoms with E-state index in [-0.39, 0.29) is 12.1 Å². The molecule has 2 rings (SSSR count). The van der Waals surface area contributed by atoms with E-state index in [2.05, 4.69) is 4.90 Å². The zero-order valence-electron chi connectivity index (χ0n) is 11.0. The normalized spacial score (nSPS) is 18.9. The van der Waals surface area contributed by atoms with Crippen LogP contribution in [0.1, 0.15) is 23.0 Å². The average molecular weight is 302 g/mol. The molecule has 1 aromatic heterocycles. The van der Waals surface area contributed by atoms with Crippen molar-refractivity contribution in [2.24, 2.45) is 0 Å². The standard InChI is InChI=1S/C12H18N2O3S2/c1-3-17-12(16)10-8(13)9(18-2)11(19-10)14-5-4-7(15)6-14/h7,15H,3-6,13H2,1-2H3. The van der Waals surface area contributed by atoms with Crippen molar-refractivity contribution in [1.82, 2.24) is 0 Å². The Hall–Kier alpha value is -0.920. The molecule has 0 spiro atoms. The Bertz CT molecular complexity index is 476. The van der Waals surface area contributed by atoms with E-state index in [1.807, 2.05) is 6.26 Å². The van der Waals surface area contributed by atoms with E-state index < -0.39 is 0 Å². The fourth-order valence-corrected chi connectivity index (χ4v) is 4.21. The van der Waals surface area contributed by atoms with Crippen LogP contribution < -0.4 is 10.6 Å². The Morgan fingerprint density at radius 1 is 1.68 bits per heavy atom. The van der Waals surface area contributed by atoms with Crippen molar-refractivity contribution < 1.29 is 14.6 Å². The highest BCUT2D eigenvalue weighted by Crippen LogP contribution is 2.45. The minimum Gasteiger partial charge on any atom is -0.462 e. The Morgan fingerprint density at radius 2 is 2.42 bits per heavy atom. The molecule has 7 heteroatoms. The number of esters is 1. The van der Waals surface area contributed by atoms with Gasteiger partial charge in [-0.05, 0) is 19.6 Å². The molecule has 1 aromatic rings. The second-order valence-corrected chi connectivity index (χ2v) is 6.11. The molecule has 0 bridgehead atoms. The molecule has 1 unspecified atom stereocenters. The van der Waals surface area contributed by atoms with Gasteiger partial charge in [-0.3, -0.25) is 0 Å². The van der Waals surface area contributed by atoms with Crippen molar-refractivity contribution in [1.29, 1.82) is 0 Å². The summed E-state index contributed by atoms with van der Waals surface area (Å²) in [6, 6.07) is 0. The van der Waals surface area contributed by atoms with Crippen LogP contribution in [0.4, 0.5) is 10.7 Å². The second-order valence-electron chi connectivity index (χ2n) is 4.29. The van der Waals surface area contributed by atoms with Crippen molar-refractivity contribution in [3.8, 4) is 0 Å². The number of hydrogen-bond acceptors (Lipinski definition) is 7. The van der Waals surface area contributed by atoms with Gasteiger partial charge in [0.25, 0.3) is 0 Å². The Labute approximate surface area is 120 Å². The van der Waals surface area contributed by atoms with Crippen LogP contribution in [0.15, 0.2) is 4.90 Å². The minimum atomic E-state index is -0.369. The lowest BCUT2D eigenvalue weighted by Gasteiger charge is -2.16. The third-order valence-corrected chi connectivity index (χ3v) is 5.19. The molecule has 0 saturated carbocycles. The smallest absolute Gasteiger partial charge is 0.350 e. The van der Waals surface area contributed by atoms with E-state index in [1.54, 1.807) is 6.92 Å². The molecule has 1 aliphatic rings. The lowest BCUT2D eigenvalue weighted by molar-refractivity contribution is 0.0533. The number of anilines is 2. The molecule has 2 heterocycles. The Balaban J connectivity index is 2.33. The SMILES string of the molecule is CCOC(=O)c1sc(N2CCC(O)C2)c(SC)c1N. The van der Waals surface area contributed by atoms with Crippen molar-refractivity contribution in [2.75, 3.05) is 36.6 Å². The number of nitrogens with two attached hydrogens (primary N) is 1. The molecular weight excluding hydrogens is 284 g/mol. The van der Waals surface area contributed by atoms with E-state index in [1.165, 1.54) is 23.1 Å². The molecule has 19 heavy (non-hydrogen) atoms. The predicted molar refractivity (Wildman–Crippen MR) is 79.3 cm³/mol. The number of thioether (sulfide) groups is 1. The predicted octanol–water partition coefficient (Wildman–Crippen LogP) is 1.80. The van der Waals surface area contributed by atoms with E-state index in [0.717, 1.165) is 22.9 Å². The zero-order valence-corrected chi connectivity index (χ0v) is 12.6. The molecular formula is C12H18N2O3S2. The van der Waals surface area contributed by atoms with Gasteiger partial charge in [0, 0.05) is 13.1 Å². The number of hydrogen-bond donors (Lipinski definition) is 2. The number of carbonyl (C=O) groups excluding carboxylic acids is 1. The van der Waals surface area contributed by atoms with Crippen molar-refractivity contribution >= 4 is 39.8 Å². The van der Waals surface area contributed by atoms with Gasteiger partial charge < -0.3 is 20.5 Å². The molecule has 3 N–H and O–H groups in total. The quantitative estimate of drug-likeness (QED) is 0.652. The fraction of sp³-hybridized carbons (Fsp3) is 0.583. The average Bonchev–Trinajstić information content (AvgIpc) is 2.93. The van der Waals surface area contributed by atoms with Gasteiger partial charge in [0.1, 0.15) is 9.88 Å². The molecule has 1 aliphatic heterocycles. The van der Waals surface area contributed by atoms with Gasteiger partial charge in [-0.15, -0.1) is 23.1 Å². The zero-order chi connectivity index (χ0) is 14.0. The highest BCUT2D eigenvalue weighted by Gasteiger charge is 2.28. The highest BCUT2D eigenvalue weighted by atomic mass is 32.2. The van der Waals surface area contributed by atoms with Gasteiger partial charge in [0.2, 0.25) is 0 Å². The van der Waals surface area contributed by atoms with E-state index >= 15 is 0 Å². The first kappa shape index (κ1) is 14.5. The molecule has 106 valence electrons. The van der Waals surface area contributed by atoms with Crippen LogP contribution in [0, 0.1) is 0 Å². The molecule has 5 nitrogen and oxygen atoms in total. The molecule has 1 atom stereocenters. The van der Waals surface area contributed by atoms with Gasteiger partial charge in [0.15, 0.2) is 0 Å². The van der Waals surface area contributed by atoms with Crippen LogP contribution in [-0.2, 0) is 4.74 Å². The van der Waals surface area contributed by atoms with E-state index in [9.17, 15) is 9.90 Å². The lowest BCUT2D eigenvalue weighted by Crippen LogP contribution is -2.20. The number of aliphatic hydroxyl groups excluding tert-OH is 1. The highest BCUT2D eigenvalue weighted by molar-refractivity contribution is 7.99. The minimum absolute atomic E-state index is 0.302. The number of aliphatic hydroxyl groups is 1. The number of carbonyl (C=O) groups is 1. The Kier molecular flexibility index (Phi) is 4.59. The lowest BCUT2D eigenvalue weighted by atomic mass is 10.3. The maximum atomic E-state index is 11.9. The number of rotatable bonds is 4. The van der Waals surface area contributed by atoms with Gasteiger partial charge >= 0.3 is 5.97 Å². The van der Waals surface area contributed by atoms with E-state index in [0.29, 0.717) is 23.7 Å². The van der Waals surface area contributed by atoms with Crippen LogP contribution in [-0.4, -0.2) is 43.1 Å². The topological polar surface area (TPSA) is 75.8 Å². The maximum Gasteiger partial charge on any atom is 0.350 e. The van der Waals surface area contributed by atoms with E-state index in [4.69, 9.17) is 10.5 Å². The second kappa shape index (κ2) is 6.02. The van der Waals surface area contributed by atoms with Crippen LogP contribution in [0.5, 0.6) is 0 Å². The molecule has 1 saturated heterocycles. The summed E-state index contributed by atoms with van der Waals surface area (Å²) in [4.78, 5) is 15.3. The number of ether oxygens (including phenoxy) is 1. The van der Waals surface area contributed by atoms with Gasteiger partial charge in [-0.2, -0.15) is 0 Å². The number of nitrogens with zero attached hydrogens (tertiary/aromatic N) is 1. The van der Waals surface area contributed by atoms with Gasteiger partial charge in [0.05, 0.1) is 23.3 Å². The van der Waals surface area contributed by atoms with Crippen LogP contribution in [0.2, 0.25) is 0 Å². The maximum absolute atomic E-state index is 11.9. The first-order chi connectivity index (χ1) is 9.08. The summed E-state index contributed by atoms with van der Waals surface area (Å²) in [5, 5.41) is 10.6.